The molecule has 0 atom stereocenters. The average Bonchev–Trinajstić information content (AvgIpc) is 3.17. The van der Waals surface area contributed by atoms with Crippen molar-refractivity contribution in [3.05, 3.63) is 46.7 Å². The van der Waals surface area contributed by atoms with Gasteiger partial charge in [0.25, 0.3) is 5.91 Å². The quantitative estimate of drug-likeness (QED) is 0.668. The molecule has 0 saturated heterocycles. The van der Waals surface area contributed by atoms with Gasteiger partial charge in [0.05, 0.1) is 23.1 Å². The first-order valence-electron chi connectivity index (χ1n) is 10.4. The van der Waals surface area contributed by atoms with Crippen LogP contribution in [0.4, 0.5) is 0 Å². The molecule has 1 aliphatic rings. The summed E-state index contributed by atoms with van der Waals surface area (Å²) in [7, 11) is 0. The van der Waals surface area contributed by atoms with Crippen LogP contribution in [0.25, 0.3) is 5.69 Å². The molecular weight excluding hydrogens is 388 g/mol. The third-order valence-electron chi connectivity index (χ3n) is 5.35. The summed E-state index contributed by atoms with van der Waals surface area (Å²) in [5.41, 5.74) is 2.25. The maximum absolute atomic E-state index is 12.7. The van der Waals surface area contributed by atoms with Gasteiger partial charge in [-0.3, -0.25) is 9.59 Å². The molecule has 0 spiro atoms. The van der Waals surface area contributed by atoms with Crippen molar-refractivity contribution >= 4 is 23.4 Å². The summed E-state index contributed by atoms with van der Waals surface area (Å²) < 4.78 is 1.78. The minimum absolute atomic E-state index is 0.109. The van der Waals surface area contributed by atoms with Gasteiger partial charge in [0.1, 0.15) is 0 Å². The molecule has 7 heteroatoms. The predicted molar refractivity (Wildman–Crippen MR) is 115 cm³/mol. The number of halogens is 1. The number of amides is 2. The Morgan fingerprint density at radius 3 is 2.41 bits per heavy atom. The molecule has 0 aliphatic heterocycles. The molecule has 1 aromatic heterocycles. The van der Waals surface area contributed by atoms with E-state index in [9.17, 15) is 9.59 Å². The van der Waals surface area contributed by atoms with Gasteiger partial charge in [-0.2, -0.15) is 5.10 Å². The molecule has 1 fully saturated rings. The number of hydrogen-bond donors (Lipinski definition) is 2. The second-order valence-electron chi connectivity index (χ2n) is 7.87. The fraction of sp³-hybridized carbons (Fsp3) is 0.500. The molecule has 29 heavy (non-hydrogen) atoms. The smallest absolute Gasteiger partial charge is 0.254 e. The summed E-state index contributed by atoms with van der Waals surface area (Å²) in [5.74, 6) is 0.169. The molecule has 2 aromatic rings. The zero-order chi connectivity index (χ0) is 20.8. The number of nitrogens with zero attached hydrogens (tertiary/aromatic N) is 2. The van der Waals surface area contributed by atoms with Gasteiger partial charge in [-0.15, -0.1) is 0 Å². The normalized spacial score (nSPS) is 14.8. The van der Waals surface area contributed by atoms with Crippen LogP contribution in [0.1, 0.15) is 67.9 Å². The summed E-state index contributed by atoms with van der Waals surface area (Å²) in [6.07, 6.45) is 7.02. The van der Waals surface area contributed by atoms with Crippen LogP contribution in [0.15, 0.2) is 30.5 Å². The van der Waals surface area contributed by atoms with Crippen molar-refractivity contribution in [3.63, 3.8) is 0 Å². The van der Waals surface area contributed by atoms with Crippen molar-refractivity contribution in [1.29, 1.82) is 0 Å². The summed E-state index contributed by atoms with van der Waals surface area (Å²) >= 11 is 5.98. The van der Waals surface area contributed by atoms with E-state index in [4.69, 9.17) is 11.6 Å². The van der Waals surface area contributed by atoms with Crippen molar-refractivity contribution in [2.45, 2.75) is 51.9 Å². The minimum atomic E-state index is -0.180. The molecule has 156 valence electrons. The summed E-state index contributed by atoms with van der Waals surface area (Å²) in [4.78, 5) is 24.9. The van der Waals surface area contributed by atoms with Gasteiger partial charge >= 0.3 is 0 Å². The Balaban J connectivity index is 1.59. The van der Waals surface area contributed by atoms with Crippen LogP contribution in [0.5, 0.6) is 0 Å². The van der Waals surface area contributed by atoms with Crippen molar-refractivity contribution in [3.8, 4) is 5.69 Å². The number of aromatic nitrogens is 2. The topological polar surface area (TPSA) is 76.0 Å². The first kappa shape index (κ1) is 21.4. The van der Waals surface area contributed by atoms with E-state index < -0.39 is 0 Å². The van der Waals surface area contributed by atoms with Crippen molar-refractivity contribution in [2.75, 3.05) is 13.1 Å². The highest BCUT2D eigenvalue weighted by Gasteiger charge is 2.22. The lowest BCUT2D eigenvalue weighted by atomic mass is 9.89. The van der Waals surface area contributed by atoms with Gasteiger partial charge in [-0.1, -0.05) is 44.7 Å². The Labute approximate surface area is 177 Å². The van der Waals surface area contributed by atoms with Crippen LogP contribution in [0, 0.1) is 5.92 Å². The molecule has 1 saturated carbocycles. The van der Waals surface area contributed by atoms with Crippen LogP contribution in [-0.4, -0.2) is 34.7 Å². The zero-order valence-electron chi connectivity index (χ0n) is 17.1. The van der Waals surface area contributed by atoms with Crippen molar-refractivity contribution in [2.24, 2.45) is 5.92 Å². The fourth-order valence-corrected chi connectivity index (χ4v) is 3.97. The fourth-order valence-electron chi connectivity index (χ4n) is 3.84. The molecule has 1 aromatic carbocycles. The first-order valence-corrected chi connectivity index (χ1v) is 10.7. The zero-order valence-corrected chi connectivity index (χ0v) is 17.8. The largest absolute Gasteiger partial charge is 0.354 e. The third kappa shape index (κ3) is 5.38. The molecule has 6 nitrogen and oxygen atoms in total. The van der Waals surface area contributed by atoms with E-state index in [2.05, 4.69) is 15.7 Å². The monoisotopic (exact) mass is 416 g/mol. The maximum atomic E-state index is 12.7. The van der Waals surface area contributed by atoms with Gasteiger partial charge < -0.3 is 10.6 Å². The van der Waals surface area contributed by atoms with Gasteiger partial charge in [0.15, 0.2) is 0 Å². The molecule has 2 N–H and O–H groups in total. The molecule has 0 radical (unpaired) electrons. The van der Waals surface area contributed by atoms with E-state index in [1.165, 1.54) is 6.42 Å². The first-order chi connectivity index (χ1) is 14.0. The molecule has 0 unspecified atom stereocenters. The van der Waals surface area contributed by atoms with E-state index in [-0.39, 0.29) is 23.7 Å². The molecule has 2 amide bonds. The van der Waals surface area contributed by atoms with E-state index in [1.54, 1.807) is 23.0 Å². The van der Waals surface area contributed by atoms with E-state index in [1.807, 2.05) is 26.0 Å². The second kappa shape index (κ2) is 9.92. The van der Waals surface area contributed by atoms with Gasteiger partial charge in [0, 0.05) is 24.0 Å². The number of carbonyl (C=O) groups is 2. The number of hydrogen-bond acceptors (Lipinski definition) is 3. The van der Waals surface area contributed by atoms with E-state index in [0.717, 1.165) is 37.1 Å². The average molecular weight is 417 g/mol. The molecule has 3 rings (SSSR count). The molecule has 1 aliphatic carbocycles. The summed E-state index contributed by atoms with van der Waals surface area (Å²) in [6, 6.07) is 7.36. The number of carbonyl (C=O) groups excluding carboxylic acids is 2. The predicted octanol–water partition coefficient (Wildman–Crippen LogP) is 4.08. The summed E-state index contributed by atoms with van der Waals surface area (Å²) in [6.45, 7) is 4.89. The highest BCUT2D eigenvalue weighted by molar-refractivity contribution is 6.30. The number of rotatable bonds is 7. The Kier molecular flexibility index (Phi) is 7.31. The van der Waals surface area contributed by atoms with Crippen LogP contribution in [-0.2, 0) is 4.79 Å². The second-order valence-corrected chi connectivity index (χ2v) is 8.30. The summed E-state index contributed by atoms with van der Waals surface area (Å²) in [5, 5.41) is 10.9. The Hall–Kier alpha value is -2.34. The highest BCUT2D eigenvalue weighted by atomic mass is 35.5. The van der Waals surface area contributed by atoms with E-state index in [0.29, 0.717) is 23.7 Å². The molecule has 1 heterocycles. The van der Waals surface area contributed by atoms with Crippen LogP contribution < -0.4 is 10.6 Å². The highest BCUT2D eigenvalue weighted by Crippen LogP contribution is 2.24. The van der Waals surface area contributed by atoms with Gasteiger partial charge in [-0.05, 0) is 43.0 Å². The number of nitrogens with one attached hydrogen (secondary N) is 2. The van der Waals surface area contributed by atoms with Gasteiger partial charge in [-0.25, -0.2) is 4.68 Å². The standard InChI is InChI=1S/C22H29ClN4O2/c1-15(2)20-19(14-26-27(20)18-10-8-17(23)9-11-18)22(29)25-13-12-24-21(28)16-6-4-3-5-7-16/h8-11,14-16H,3-7,12-13H2,1-2H3,(H,24,28)(H,25,29). The van der Waals surface area contributed by atoms with Crippen LogP contribution in [0.3, 0.4) is 0 Å². The third-order valence-corrected chi connectivity index (χ3v) is 5.61. The lowest BCUT2D eigenvalue weighted by molar-refractivity contribution is -0.125. The lowest BCUT2D eigenvalue weighted by Gasteiger charge is -2.20. The molecular formula is C22H29ClN4O2. The SMILES string of the molecule is CC(C)c1c(C(=O)NCCNC(=O)C2CCCCC2)cnn1-c1ccc(Cl)cc1. The minimum Gasteiger partial charge on any atom is -0.354 e. The molecule has 0 bridgehead atoms. The van der Waals surface area contributed by atoms with Crippen molar-refractivity contribution in [1.82, 2.24) is 20.4 Å². The lowest BCUT2D eigenvalue weighted by Crippen LogP contribution is -2.38. The van der Waals surface area contributed by atoms with Crippen LogP contribution in [0.2, 0.25) is 5.02 Å². The Morgan fingerprint density at radius 1 is 1.10 bits per heavy atom. The van der Waals surface area contributed by atoms with Gasteiger partial charge in [0.2, 0.25) is 5.91 Å². The Bertz CT molecular complexity index is 839. The van der Waals surface area contributed by atoms with Crippen LogP contribution >= 0.6 is 11.6 Å². The van der Waals surface area contributed by atoms with E-state index >= 15 is 0 Å². The van der Waals surface area contributed by atoms with Crippen molar-refractivity contribution < 1.29 is 9.59 Å². The Morgan fingerprint density at radius 2 is 1.76 bits per heavy atom. The maximum Gasteiger partial charge on any atom is 0.254 e. The number of benzene rings is 1.